The molecule has 4 rings (SSSR count). The Morgan fingerprint density at radius 1 is 1.21 bits per heavy atom. The molecule has 1 fully saturated rings. The van der Waals surface area contributed by atoms with Crippen LogP contribution in [0.5, 0.6) is 0 Å². The van der Waals surface area contributed by atoms with Crippen LogP contribution < -0.4 is 5.32 Å². The van der Waals surface area contributed by atoms with Crippen LogP contribution in [-0.4, -0.2) is 27.5 Å². The van der Waals surface area contributed by atoms with Crippen molar-refractivity contribution in [1.82, 2.24) is 14.9 Å². The maximum atomic E-state index is 13.0. The molecule has 1 aliphatic carbocycles. The molecule has 3 aromatic rings. The topological polar surface area (TPSA) is 73.2 Å². The van der Waals surface area contributed by atoms with Crippen molar-refractivity contribution < 1.29 is 14.3 Å². The first kappa shape index (κ1) is 18.7. The fourth-order valence-corrected chi connectivity index (χ4v) is 4.60. The summed E-state index contributed by atoms with van der Waals surface area (Å²) >= 11 is 1.57. The lowest BCUT2D eigenvalue weighted by Gasteiger charge is -2.25. The average molecular weight is 398 g/mol. The molecule has 1 N–H and O–H groups in total. The number of aryl methyl sites for hydroxylation is 1. The van der Waals surface area contributed by atoms with Crippen LogP contribution in [0, 0.1) is 0 Å². The first-order chi connectivity index (χ1) is 13.6. The number of amides is 1. The van der Waals surface area contributed by atoms with Gasteiger partial charge in [0.25, 0.3) is 5.91 Å². The molecule has 1 amide bonds. The standard InChI is InChI=1S/C21H23N3O3S/c1-24-16-9-12-28-18(16)13-17(24)21(26)27-19(14-7-10-22-11-8-14)20(25)23-15-5-3-2-4-6-15/h7-13,15,19H,2-6H2,1H3,(H,23,25)/t19-/m1/s1. The van der Waals surface area contributed by atoms with Gasteiger partial charge in [-0.05, 0) is 42.5 Å². The van der Waals surface area contributed by atoms with Gasteiger partial charge >= 0.3 is 5.97 Å². The summed E-state index contributed by atoms with van der Waals surface area (Å²) in [7, 11) is 1.83. The van der Waals surface area contributed by atoms with Crippen molar-refractivity contribution in [2.24, 2.45) is 7.05 Å². The predicted molar refractivity (Wildman–Crippen MR) is 108 cm³/mol. The third kappa shape index (κ3) is 3.80. The van der Waals surface area contributed by atoms with Gasteiger partial charge in [-0.1, -0.05) is 19.3 Å². The van der Waals surface area contributed by atoms with E-state index < -0.39 is 12.1 Å². The van der Waals surface area contributed by atoms with E-state index in [9.17, 15) is 9.59 Å². The van der Waals surface area contributed by atoms with Gasteiger partial charge in [-0.3, -0.25) is 9.78 Å². The molecule has 0 bridgehead atoms. The minimum atomic E-state index is -0.995. The lowest BCUT2D eigenvalue weighted by atomic mass is 9.95. The molecule has 1 aliphatic rings. The maximum absolute atomic E-state index is 13.0. The normalized spacial score (nSPS) is 16.0. The summed E-state index contributed by atoms with van der Waals surface area (Å²) in [4.78, 5) is 29.9. The zero-order valence-corrected chi connectivity index (χ0v) is 16.6. The Balaban J connectivity index is 1.56. The van der Waals surface area contributed by atoms with Crippen molar-refractivity contribution in [1.29, 1.82) is 0 Å². The number of nitrogens with one attached hydrogen (secondary N) is 1. The van der Waals surface area contributed by atoms with Gasteiger partial charge in [0.05, 0.1) is 10.2 Å². The van der Waals surface area contributed by atoms with E-state index in [2.05, 4.69) is 10.3 Å². The highest BCUT2D eigenvalue weighted by Crippen LogP contribution is 2.27. The Hall–Kier alpha value is -2.67. The SMILES string of the molecule is Cn1c(C(=O)O[C@@H](C(=O)NC2CCCCC2)c2ccncc2)cc2sccc21. The van der Waals surface area contributed by atoms with Gasteiger partial charge in [0, 0.05) is 31.0 Å². The van der Waals surface area contributed by atoms with Gasteiger partial charge in [0.15, 0.2) is 0 Å². The number of hydrogen-bond donors (Lipinski definition) is 1. The Bertz CT molecular complexity index is 973. The minimum absolute atomic E-state index is 0.143. The van der Waals surface area contributed by atoms with Crippen LogP contribution in [0.4, 0.5) is 0 Å². The van der Waals surface area contributed by atoms with E-state index >= 15 is 0 Å². The zero-order valence-electron chi connectivity index (χ0n) is 15.8. The average Bonchev–Trinajstić information content (AvgIpc) is 3.30. The van der Waals surface area contributed by atoms with Crippen LogP contribution in [0.15, 0.2) is 42.0 Å². The molecule has 6 nitrogen and oxygen atoms in total. The van der Waals surface area contributed by atoms with Gasteiger partial charge in [-0.2, -0.15) is 0 Å². The number of aromatic nitrogens is 2. The first-order valence-corrected chi connectivity index (χ1v) is 10.5. The van der Waals surface area contributed by atoms with E-state index in [4.69, 9.17) is 4.74 Å². The zero-order chi connectivity index (χ0) is 19.5. The highest BCUT2D eigenvalue weighted by molar-refractivity contribution is 7.17. The molecular weight excluding hydrogens is 374 g/mol. The maximum Gasteiger partial charge on any atom is 0.356 e. The molecule has 0 spiro atoms. The van der Waals surface area contributed by atoms with Crippen molar-refractivity contribution in [3.05, 3.63) is 53.3 Å². The Labute approximate surface area is 167 Å². The summed E-state index contributed by atoms with van der Waals surface area (Å²) < 4.78 is 8.53. The Morgan fingerprint density at radius 3 is 2.68 bits per heavy atom. The van der Waals surface area contributed by atoms with E-state index in [0.29, 0.717) is 11.3 Å². The van der Waals surface area contributed by atoms with Crippen LogP contribution in [0.2, 0.25) is 0 Å². The molecule has 1 saturated carbocycles. The third-order valence-corrected chi connectivity index (χ3v) is 6.15. The van der Waals surface area contributed by atoms with Crippen LogP contribution in [0.25, 0.3) is 10.2 Å². The fraction of sp³-hybridized carbons (Fsp3) is 0.381. The van der Waals surface area contributed by atoms with E-state index in [1.807, 2.05) is 24.6 Å². The Kier molecular flexibility index (Phi) is 5.43. The summed E-state index contributed by atoms with van der Waals surface area (Å²) in [5.74, 6) is -0.783. The summed E-state index contributed by atoms with van der Waals surface area (Å²) in [6.07, 6.45) is 7.58. The number of fused-ring (bicyclic) bond motifs is 1. The number of pyridine rings is 1. The van der Waals surface area contributed by atoms with Gasteiger partial charge in [0.2, 0.25) is 6.10 Å². The predicted octanol–water partition coefficient (Wildman–Crippen LogP) is 3.98. The van der Waals surface area contributed by atoms with E-state index in [0.717, 1.165) is 35.9 Å². The number of thiophene rings is 1. The van der Waals surface area contributed by atoms with E-state index in [-0.39, 0.29) is 11.9 Å². The third-order valence-electron chi connectivity index (χ3n) is 5.30. The summed E-state index contributed by atoms with van der Waals surface area (Å²) in [5, 5.41) is 5.05. The fourth-order valence-electron chi connectivity index (χ4n) is 3.75. The number of ether oxygens (including phenoxy) is 1. The van der Waals surface area contributed by atoms with Crippen molar-refractivity contribution in [3.8, 4) is 0 Å². The smallest absolute Gasteiger partial charge is 0.356 e. The number of nitrogens with zero attached hydrogens (tertiary/aromatic N) is 2. The molecule has 0 unspecified atom stereocenters. The molecule has 3 heterocycles. The lowest BCUT2D eigenvalue weighted by Crippen LogP contribution is -2.40. The monoisotopic (exact) mass is 397 g/mol. The molecule has 28 heavy (non-hydrogen) atoms. The quantitative estimate of drug-likeness (QED) is 0.661. The molecule has 7 heteroatoms. The molecule has 0 aromatic carbocycles. The van der Waals surface area contributed by atoms with Gasteiger partial charge < -0.3 is 14.6 Å². The van der Waals surface area contributed by atoms with Crippen LogP contribution in [0.1, 0.15) is 54.3 Å². The van der Waals surface area contributed by atoms with Crippen molar-refractivity contribution in [2.45, 2.75) is 44.2 Å². The second-order valence-electron chi connectivity index (χ2n) is 7.17. The number of carbonyl (C=O) groups excluding carboxylic acids is 2. The molecule has 0 radical (unpaired) electrons. The molecule has 0 saturated heterocycles. The van der Waals surface area contributed by atoms with Crippen LogP contribution in [0.3, 0.4) is 0 Å². The summed E-state index contributed by atoms with van der Waals surface area (Å²) in [5.41, 5.74) is 2.03. The second-order valence-corrected chi connectivity index (χ2v) is 8.12. The molecular formula is C21H23N3O3S. The largest absolute Gasteiger partial charge is 0.443 e. The van der Waals surface area contributed by atoms with Gasteiger partial charge in [0.1, 0.15) is 5.69 Å². The molecule has 1 atom stereocenters. The summed E-state index contributed by atoms with van der Waals surface area (Å²) in [6.45, 7) is 0. The van der Waals surface area contributed by atoms with E-state index in [1.165, 1.54) is 6.42 Å². The highest BCUT2D eigenvalue weighted by Gasteiger charge is 2.29. The minimum Gasteiger partial charge on any atom is -0.443 e. The van der Waals surface area contributed by atoms with Crippen molar-refractivity contribution in [3.63, 3.8) is 0 Å². The van der Waals surface area contributed by atoms with Crippen LogP contribution >= 0.6 is 11.3 Å². The number of hydrogen-bond acceptors (Lipinski definition) is 5. The molecule has 146 valence electrons. The first-order valence-electron chi connectivity index (χ1n) is 9.57. The number of carbonyl (C=O) groups is 2. The second kappa shape index (κ2) is 8.14. The molecule has 3 aromatic heterocycles. The van der Waals surface area contributed by atoms with E-state index in [1.54, 1.807) is 40.4 Å². The highest BCUT2D eigenvalue weighted by atomic mass is 32.1. The number of rotatable bonds is 5. The van der Waals surface area contributed by atoms with Crippen molar-refractivity contribution in [2.75, 3.05) is 0 Å². The van der Waals surface area contributed by atoms with Gasteiger partial charge in [-0.25, -0.2) is 4.79 Å². The Morgan fingerprint density at radius 2 is 1.96 bits per heavy atom. The number of esters is 1. The summed E-state index contributed by atoms with van der Waals surface area (Å²) in [6, 6.07) is 7.34. The van der Waals surface area contributed by atoms with Crippen LogP contribution in [-0.2, 0) is 16.6 Å². The van der Waals surface area contributed by atoms with Crippen molar-refractivity contribution >= 4 is 33.4 Å². The molecule has 0 aliphatic heterocycles. The van der Waals surface area contributed by atoms with Gasteiger partial charge in [-0.15, -0.1) is 11.3 Å². The lowest BCUT2D eigenvalue weighted by molar-refractivity contribution is -0.131.